The minimum Gasteiger partial charge on any atom is -0.378 e. The number of hydrogen-bond donors (Lipinski definition) is 0. The van der Waals surface area contributed by atoms with Crippen molar-refractivity contribution in [3.63, 3.8) is 0 Å². The summed E-state index contributed by atoms with van der Waals surface area (Å²) in [6, 6.07) is 11.8. The molecule has 1 aliphatic heterocycles. The standard InChI is InChI=1S/C25H30N6O2/c1-29(2)21-10-7-19(8-11-21)25(32)31-15-13-30(14-16-31)22-12-9-20(17-26-22)23-27-24(33-28-23)18-5-3-4-6-18/h7-12,17-18H,3-6,13-16H2,1-2H3. The Morgan fingerprint density at radius 1 is 1.00 bits per heavy atom. The van der Waals surface area contributed by atoms with E-state index in [1.54, 1.807) is 0 Å². The van der Waals surface area contributed by atoms with Gasteiger partial charge in [0.15, 0.2) is 0 Å². The van der Waals surface area contributed by atoms with E-state index in [1.807, 2.05) is 66.5 Å². The molecule has 8 nitrogen and oxygen atoms in total. The van der Waals surface area contributed by atoms with Crippen LogP contribution in [-0.2, 0) is 0 Å². The van der Waals surface area contributed by atoms with E-state index in [1.165, 1.54) is 12.8 Å². The second-order valence-electron chi connectivity index (χ2n) is 9.06. The molecule has 1 amide bonds. The third-order valence-corrected chi connectivity index (χ3v) is 6.67. The second kappa shape index (κ2) is 9.21. The fraction of sp³-hybridized carbons (Fsp3) is 0.440. The molecule has 0 atom stereocenters. The summed E-state index contributed by atoms with van der Waals surface area (Å²) in [5, 5.41) is 4.16. The Morgan fingerprint density at radius 2 is 1.73 bits per heavy atom. The van der Waals surface area contributed by atoms with Crippen LogP contribution in [0.2, 0.25) is 0 Å². The molecule has 2 aliphatic rings. The lowest BCUT2D eigenvalue weighted by molar-refractivity contribution is 0.0746. The molecule has 172 valence electrons. The van der Waals surface area contributed by atoms with Crippen LogP contribution in [0.15, 0.2) is 47.1 Å². The predicted molar refractivity (Wildman–Crippen MR) is 128 cm³/mol. The third-order valence-electron chi connectivity index (χ3n) is 6.67. The fourth-order valence-corrected chi connectivity index (χ4v) is 4.62. The molecule has 1 aliphatic carbocycles. The molecule has 2 aromatic heterocycles. The summed E-state index contributed by atoms with van der Waals surface area (Å²) < 4.78 is 5.50. The zero-order valence-electron chi connectivity index (χ0n) is 19.3. The van der Waals surface area contributed by atoms with E-state index < -0.39 is 0 Å². The van der Waals surface area contributed by atoms with Crippen LogP contribution in [0.25, 0.3) is 11.4 Å². The average molecular weight is 447 g/mol. The minimum absolute atomic E-state index is 0.0819. The maximum absolute atomic E-state index is 12.9. The van der Waals surface area contributed by atoms with Crippen LogP contribution in [0.3, 0.4) is 0 Å². The highest BCUT2D eigenvalue weighted by atomic mass is 16.5. The summed E-state index contributed by atoms with van der Waals surface area (Å²) in [5.41, 5.74) is 2.68. The number of amides is 1. The van der Waals surface area contributed by atoms with Crippen molar-refractivity contribution < 1.29 is 9.32 Å². The number of carbonyl (C=O) groups excluding carboxylic acids is 1. The number of carbonyl (C=O) groups is 1. The summed E-state index contributed by atoms with van der Waals surface area (Å²) in [6.07, 6.45) is 6.55. The van der Waals surface area contributed by atoms with Gasteiger partial charge in [-0.3, -0.25) is 4.79 Å². The molecular weight excluding hydrogens is 416 g/mol. The van der Waals surface area contributed by atoms with Crippen LogP contribution in [-0.4, -0.2) is 66.2 Å². The molecule has 3 heterocycles. The molecule has 2 fully saturated rings. The van der Waals surface area contributed by atoms with Crippen molar-refractivity contribution in [1.29, 1.82) is 0 Å². The lowest BCUT2D eigenvalue weighted by Crippen LogP contribution is -2.49. The predicted octanol–water partition coefficient (Wildman–Crippen LogP) is 3.82. The first-order valence-corrected chi connectivity index (χ1v) is 11.7. The first-order chi connectivity index (χ1) is 16.1. The largest absolute Gasteiger partial charge is 0.378 e. The Labute approximate surface area is 194 Å². The topological polar surface area (TPSA) is 78.6 Å². The number of nitrogens with zero attached hydrogens (tertiary/aromatic N) is 6. The third kappa shape index (κ3) is 4.55. The van der Waals surface area contributed by atoms with Gasteiger partial charge in [-0.1, -0.05) is 18.0 Å². The maximum atomic E-state index is 12.9. The lowest BCUT2D eigenvalue weighted by atomic mass is 10.1. The highest BCUT2D eigenvalue weighted by Gasteiger charge is 2.25. The van der Waals surface area contributed by atoms with Crippen LogP contribution in [0.1, 0.15) is 47.8 Å². The highest BCUT2D eigenvalue weighted by molar-refractivity contribution is 5.94. The van der Waals surface area contributed by atoms with Gasteiger partial charge in [0.1, 0.15) is 5.82 Å². The maximum Gasteiger partial charge on any atom is 0.253 e. The summed E-state index contributed by atoms with van der Waals surface area (Å²) in [5.74, 6) is 2.75. The lowest BCUT2D eigenvalue weighted by Gasteiger charge is -2.35. The zero-order chi connectivity index (χ0) is 22.8. The molecule has 0 unspecified atom stereocenters. The number of piperazine rings is 1. The molecule has 1 aromatic carbocycles. The smallest absolute Gasteiger partial charge is 0.253 e. The van der Waals surface area contributed by atoms with E-state index in [9.17, 15) is 4.79 Å². The molecule has 33 heavy (non-hydrogen) atoms. The van der Waals surface area contributed by atoms with Gasteiger partial charge < -0.3 is 19.2 Å². The van der Waals surface area contributed by atoms with E-state index in [2.05, 4.69) is 20.0 Å². The van der Waals surface area contributed by atoms with Gasteiger partial charge in [-0.05, 0) is 49.2 Å². The van der Waals surface area contributed by atoms with Crippen molar-refractivity contribution in [2.24, 2.45) is 0 Å². The minimum atomic E-state index is 0.0819. The molecule has 0 N–H and O–H groups in total. The quantitative estimate of drug-likeness (QED) is 0.590. The monoisotopic (exact) mass is 446 g/mol. The van der Waals surface area contributed by atoms with E-state index in [-0.39, 0.29) is 5.91 Å². The van der Waals surface area contributed by atoms with Gasteiger partial charge in [-0.15, -0.1) is 0 Å². The molecule has 5 rings (SSSR count). The highest BCUT2D eigenvalue weighted by Crippen LogP contribution is 2.34. The molecule has 0 radical (unpaired) electrons. The Hall–Kier alpha value is -3.42. The van der Waals surface area contributed by atoms with Crippen molar-refractivity contribution in [1.82, 2.24) is 20.0 Å². The van der Waals surface area contributed by atoms with Crippen molar-refractivity contribution in [3.8, 4) is 11.4 Å². The van der Waals surface area contributed by atoms with Crippen LogP contribution in [0.4, 0.5) is 11.5 Å². The number of aromatic nitrogens is 3. The first-order valence-electron chi connectivity index (χ1n) is 11.7. The van der Waals surface area contributed by atoms with Crippen molar-refractivity contribution in [3.05, 3.63) is 54.0 Å². The van der Waals surface area contributed by atoms with Gasteiger partial charge in [0, 0.05) is 69.2 Å². The number of hydrogen-bond acceptors (Lipinski definition) is 7. The Morgan fingerprint density at radius 3 is 2.36 bits per heavy atom. The van der Waals surface area contributed by atoms with Crippen LogP contribution in [0.5, 0.6) is 0 Å². The van der Waals surface area contributed by atoms with Crippen LogP contribution < -0.4 is 9.80 Å². The van der Waals surface area contributed by atoms with Gasteiger partial charge in [-0.2, -0.15) is 4.98 Å². The Kier molecular flexibility index (Phi) is 5.98. The van der Waals surface area contributed by atoms with Gasteiger partial charge in [0.05, 0.1) is 0 Å². The second-order valence-corrected chi connectivity index (χ2v) is 9.06. The molecule has 8 heteroatoms. The summed E-state index contributed by atoms with van der Waals surface area (Å²) in [6.45, 7) is 2.85. The Bertz CT molecular complexity index is 1080. The number of benzene rings is 1. The molecule has 0 bridgehead atoms. The van der Waals surface area contributed by atoms with Crippen molar-refractivity contribution >= 4 is 17.4 Å². The molecule has 3 aromatic rings. The van der Waals surface area contributed by atoms with Crippen molar-refractivity contribution in [2.45, 2.75) is 31.6 Å². The van der Waals surface area contributed by atoms with Crippen LogP contribution in [0, 0.1) is 0 Å². The number of anilines is 2. The first kappa shape index (κ1) is 21.4. The van der Waals surface area contributed by atoms with Gasteiger partial charge in [0.2, 0.25) is 11.7 Å². The van der Waals surface area contributed by atoms with Gasteiger partial charge >= 0.3 is 0 Å². The number of pyridine rings is 1. The number of rotatable bonds is 5. The summed E-state index contributed by atoms with van der Waals surface area (Å²) in [4.78, 5) is 28.3. The normalized spacial score (nSPS) is 16.9. The van der Waals surface area contributed by atoms with E-state index in [4.69, 9.17) is 4.52 Å². The molecule has 0 spiro atoms. The average Bonchev–Trinajstić information content (AvgIpc) is 3.56. The Balaban J connectivity index is 1.18. The van der Waals surface area contributed by atoms with E-state index in [0.29, 0.717) is 24.8 Å². The molecular formula is C25H30N6O2. The van der Waals surface area contributed by atoms with E-state index in [0.717, 1.165) is 54.5 Å². The zero-order valence-corrected chi connectivity index (χ0v) is 19.3. The SMILES string of the molecule is CN(C)c1ccc(C(=O)N2CCN(c3ccc(-c4noc(C5CCCC5)n4)cn3)CC2)cc1. The molecule has 1 saturated heterocycles. The summed E-state index contributed by atoms with van der Waals surface area (Å²) in [7, 11) is 3.99. The van der Waals surface area contributed by atoms with Crippen LogP contribution >= 0.6 is 0 Å². The van der Waals surface area contributed by atoms with Crippen molar-refractivity contribution in [2.75, 3.05) is 50.1 Å². The van der Waals surface area contributed by atoms with E-state index >= 15 is 0 Å². The fourth-order valence-electron chi connectivity index (χ4n) is 4.62. The summed E-state index contributed by atoms with van der Waals surface area (Å²) >= 11 is 0. The van der Waals surface area contributed by atoms with Gasteiger partial charge in [-0.25, -0.2) is 4.98 Å². The molecule has 1 saturated carbocycles. The van der Waals surface area contributed by atoms with Gasteiger partial charge in [0.25, 0.3) is 5.91 Å².